The van der Waals surface area contributed by atoms with Crippen LogP contribution in [-0.2, 0) is 0 Å². The summed E-state index contributed by atoms with van der Waals surface area (Å²) >= 11 is 0. The molecule has 0 saturated carbocycles. The highest BCUT2D eigenvalue weighted by Crippen LogP contribution is 2.35. The predicted octanol–water partition coefficient (Wildman–Crippen LogP) is 3.58. The summed E-state index contributed by atoms with van der Waals surface area (Å²) in [4.78, 5) is 7.38. The molecule has 0 radical (unpaired) electrons. The molecular weight excluding hydrogens is 241 g/mol. The van der Waals surface area contributed by atoms with Crippen LogP contribution in [0.1, 0.15) is 11.1 Å². The van der Waals surface area contributed by atoms with Crippen LogP contribution in [0.5, 0.6) is 0 Å². The number of hydrogen-bond acceptors (Lipinski definition) is 2. The summed E-state index contributed by atoms with van der Waals surface area (Å²) < 4.78 is 38.9. The van der Waals surface area contributed by atoms with Gasteiger partial charge in [0.15, 0.2) is 0 Å². The third-order valence-corrected chi connectivity index (χ3v) is 2.28. The smallest absolute Gasteiger partial charge is 0.244 e. The van der Waals surface area contributed by atoms with Crippen LogP contribution in [0.4, 0.5) is 13.2 Å². The Hall–Kier alpha value is -2.17. The molecule has 1 aromatic heterocycles. The van der Waals surface area contributed by atoms with E-state index in [0.717, 1.165) is 6.08 Å². The normalized spacial score (nSPS) is 12.5. The molecule has 1 aromatic carbocycles. The first-order valence-electron chi connectivity index (χ1n) is 5.17. The Balaban J connectivity index is 2.48. The van der Waals surface area contributed by atoms with Crippen molar-refractivity contribution in [3.63, 3.8) is 0 Å². The predicted molar refractivity (Wildman–Crippen MR) is 62.4 cm³/mol. The summed E-state index contributed by atoms with van der Waals surface area (Å²) in [6, 6.07) is 7.64. The Morgan fingerprint density at radius 3 is 2.17 bits per heavy atom. The number of benzene rings is 1. The average Bonchev–Trinajstić information content (AvgIpc) is 2.37. The summed E-state index contributed by atoms with van der Waals surface area (Å²) in [5.74, 6) is 0. The van der Waals surface area contributed by atoms with E-state index < -0.39 is 11.7 Å². The van der Waals surface area contributed by atoms with E-state index in [-0.39, 0.29) is 5.56 Å². The van der Waals surface area contributed by atoms with Gasteiger partial charge in [-0.05, 0) is 11.6 Å². The molecule has 2 nitrogen and oxygen atoms in total. The standard InChI is InChI=1S/C13H9F3N2/c14-13(15,16)12(11-4-2-1-3-5-11)6-10-7-17-9-18-8-10/h1-9H/b12-6+. The first kappa shape index (κ1) is 12.3. The fourth-order valence-corrected chi connectivity index (χ4v) is 1.50. The molecular formula is C13H9F3N2. The second kappa shape index (κ2) is 5.00. The zero-order valence-corrected chi connectivity index (χ0v) is 9.22. The number of halogens is 3. The van der Waals surface area contributed by atoms with Crippen molar-refractivity contribution in [2.24, 2.45) is 0 Å². The Bertz CT molecular complexity index is 533. The molecule has 5 heteroatoms. The van der Waals surface area contributed by atoms with Gasteiger partial charge in [-0.3, -0.25) is 0 Å². The lowest BCUT2D eigenvalue weighted by Crippen LogP contribution is -2.10. The van der Waals surface area contributed by atoms with Crippen LogP contribution in [0.2, 0.25) is 0 Å². The molecule has 2 rings (SSSR count). The summed E-state index contributed by atoms with van der Waals surface area (Å²) in [5.41, 5.74) is -0.277. The van der Waals surface area contributed by atoms with Crippen molar-refractivity contribution in [3.8, 4) is 0 Å². The molecule has 0 bridgehead atoms. The lowest BCUT2D eigenvalue weighted by Gasteiger charge is -2.11. The van der Waals surface area contributed by atoms with Crippen molar-refractivity contribution < 1.29 is 13.2 Å². The van der Waals surface area contributed by atoms with Crippen molar-refractivity contribution in [1.82, 2.24) is 9.97 Å². The van der Waals surface area contributed by atoms with Crippen molar-refractivity contribution in [3.05, 3.63) is 60.2 Å². The van der Waals surface area contributed by atoms with Gasteiger partial charge in [-0.1, -0.05) is 30.3 Å². The molecule has 0 N–H and O–H groups in total. The van der Waals surface area contributed by atoms with Crippen molar-refractivity contribution in [1.29, 1.82) is 0 Å². The molecule has 0 unspecified atom stereocenters. The molecule has 0 fully saturated rings. The van der Waals surface area contributed by atoms with E-state index >= 15 is 0 Å². The van der Waals surface area contributed by atoms with Gasteiger partial charge in [-0.2, -0.15) is 13.2 Å². The van der Waals surface area contributed by atoms with Crippen LogP contribution in [0, 0.1) is 0 Å². The minimum atomic E-state index is -4.42. The van der Waals surface area contributed by atoms with Gasteiger partial charge in [0.25, 0.3) is 0 Å². The molecule has 1 heterocycles. The van der Waals surface area contributed by atoms with Gasteiger partial charge in [0.1, 0.15) is 6.33 Å². The zero-order valence-electron chi connectivity index (χ0n) is 9.22. The SMILES string of the molecule is FC(F)(F)/C(=C/c1cncnc1)c1ccccc1. The van der Waals surface area contributed by atoms with Crippen molar-refractivity contribution in [2.75, 3.05) is 0 Å². The Labute approximate surface area is 102 Å². The lowest BCUT2D eigenvalue weighted by atomic mass is 10.0. The van der Waals surface area contributed by atoms with Crippen LogP contribution in [-0.4, -0.2) is 16.1 Å². The largest absolute Gasteiger partial charge is 0.417 e. The van der Waals surface area contributed by atoms with Crippen LogP contribution in [0.15, 0.2) is 49.1 Å². The third-order valence-electron chi connectivity index (χ3n) is 2.28. The van der Waals surface area contributed by atoms with Gasteiger partial charge in [0.2, 0.25) is 0 Å². The number of nitrogens with zero attached hydrogens (tertiary/aromatic N) is 2. The molecule has 0 spiro atoms. The highest BCUT2D eigenvalue weighted by molar-refractivity contribution is 5.83. The molecule has 0 saturated heterocycles. The maximum absolute atomic E-state index is 13.0. The van der Waals surface area contributed by atoms with Crippen molar-refractivity contribution >= 4 is 11.6 Å². The summed E-state index contributed by atoms with van der Waals surface area (Å²) in [6.07, 6.45) is 0.559. The van der Waals surface area contributed by atoms with Crippen LogP contribution in [0.25, 0.3) is 11.6 Å². The fourth-order valence-electron chi connectivity index (χ4n) is 1.50. The topological polar surface area (TPSA) is 25.8 Å². The monoisotopic (exact) mass is 250 g/mol. The molecule has 0 aliphatic heterocycles. The van der Waals surface area contributed by atoms with E-state index in [1.54, 1.807) is 18.2 Å². The van der Waals surface area contributed by atoms with E-state index in [4.69, 9.17) is 0 Å². The van der Waals surface area contributed by atoms with E-state index in [1.165, 1.54) is 30.9 Å². The van der Waals surface area contributed by atoms with E-state index in [9.17, 15) is 13.2 Å². The van der Waals surface area contributed by atoms with E-state index in [1.807, 2.05) is 0 Å². The highest BCUT2D eigenvalue weighted by Gasteiger charge is 2.34. The van der Waals surface area contributed by atoms with Gasteiger partial charge in [-0.25, -0.2) is 9.97 Å². The minimum absolute atomic E-state index is 0.119. The maximum atomic E-state index is 13.0. The Morgan fingerprint density at radius 2 is 1.61 bits per heavy atom. The number of hydrogen-bond donors (Lipinski definition) is 0. The van der Waals surface area contributed by atoms with Gasteiger partial charge in [-0.15, -0.1) is 0 Å². The summed E-state index contributed by atoms with van der Waals surface area (Å²) in [5, 5.41) is 0. The minimum Gasteiger partial charge on any atom is -0.244 e. The second-order valence-electron chi connectivity index (χ2n) is 3.59. The number of alkyl halides is 3. The van der Waals surface area contributed by atoms with E-state index in [0.29, 0.717) is 5.56 Å². The molecule has 2 aromatic rings. The summed E-state index contributed by atoms with van der Waals surface area (Å²) in [7, 11) is 0. The molecule has 0 amide bonds. The first-order valence-corrected chi connectivity index (χ1v) is 5.17. The molecule has 0 atom stereocenters. The fraction of sp³-hybridized carbons (Fsp3) is 0.0769. The van der Waals surface area contributed by atoms with E-state index in [2.05, 4.69) is 9.97 Å². The Morgan fingerprint density at radius 1 is 1.00 bits per heavy atom. The summed E-state index contributed by atoms with van der Waals surface area (Å²) in [6.45, 7) is 0. The van der Waals surface area contributed by atoms with Crippen LogP contribution < -0.4 is 0 Å². The molecule has 0 aliphatic rings. The van der Waals surface area contributed by atoms with Gasteiger partial charge >= 0.3 is 6.18 Å². The number of allylic oxidation sites excluding steroid dienone is 1. The number of rotatable bonds is 2. The molecule has 18 heavy (non-hydrogen) atoms. The average molecular weight is 250 g/mol. The first-order chi connectivity index (χ1) is 8.57. The highest BCUT2D eigenvalue weighted by atomic mass is 19.4. The van der Waals surface area contributed by atoms with Gasteiger partial charge in [0, 0.05) is 18.0 Å². The van der Waals surface area contributed by atoms with Crippen LogP contribution in [0.3, 0.4) is 0 Å². The van der Waals surface area contributed by atoms with Gasteiger partial charge in [0.05, 0.1) is 5.57 Å². The second-order valence-corrected chi connectivity index (χ2v) is 3.59. The molecule has 0 aliphatic carbocycles. The van der Waals surface area contributed by atoms with Crippen LogP contribution >= 0.6 is 0 Å². The third kappa shape index (κ3) is 2.94. The maximum Gasteiger partial charge on any atom is 0.417 e. The zero-order chi connectivity index (χ0) is 13.0. The molecule has 92 valence electrons. The lowest BCUT2D eigenvalue weighted by molar-refractivity contribution is -0.0683. The van der Waals surface area contributed by atoms with Gasteiger partial charge < -0.3 is 0 Å². The quantitative estimate of drug-likeness (QED) is 0.814. The number of aromatic nitrogens is 2. The Kier molecular flexibility index (Phi) is 3.41. The van der Waals surface area contributed by atoms with Crippen molar-refractivity contribution in [2.45, 2.75) is 6.18 Å².